The molecule has 1 aromatic heterocycles. The first-order chi connectivity index (χ1) is 18.5. The van der Waals surface area contributed by atoms with Gasteiger partial charge in [0.05, 0.1) is 11.3 Å². The van der Waals surface area contributed by atoms with Crippen LogP contribution in [0.2, 0.25) is 0 Å². The molecule has 194 valence electrons. The van der Waals surface area contributed by atoms with Crippen LogP contribution in [0.15, 0.2) is 68.8 Å². The second-order valence-corrected chi connectivity index (χ2v) is 10.5. The molecule has 2 fully saturated rings. The average Bonchev–Trinajstić information content (AvgIpc) is 3.22. The topological polar surface area (TPSA) is 98.1 Å². The monoisotopic (exact) mass is 530 g/mol. The van der Waals surface area contributed by atoms with E-state index in [1.54, 1.807) is 24.3 Å². The van der Waals surface area contributed by atoms with Gasteiger partial charge in [0.2, 0.25) is 0 Å². The van der Waals surface area contributed by atoms with Crippen LogP contribution < -0.4 is 20.4 Å². The van der Waals surface area contributed by atoms with Gasteiger partial charge in [-0.3, -0.25) is 4.79 Å². The Morgan fingerprint density at radius 2 is 1.74 bits per heavy atom. The number of carbonyl (C=O) groups is 1. The first-order valence-electron chi connectivity index (χ1n) is 12.7. The predicted octanol–water partition coefficient (Wildman–Crippen LogP) is 5.03. The molecule has 0 bridgehead atoms. The molecule has 6 rings (SSSR count). The third-order valence-electron chi connectivity index (χ3n) is 6.65. The van der Waals surface area contributed by atoms with Crippen LogP contribution in [0.1, 0.15) is 36.5 Å². The van der Waals surface area contributed by atoms with Gasteiger partial charge in [-0.1, -0.05) is 6.07 Å². The van der Waals surface area contributed by atoms with Crippen molar-refractivity contribution >= 4 is 52.2 Å². The van der Waals surface area contributed by atoms with Crippen molar-refractivity contribution < 1.29 is 9.18 Å². The van der Waals surface area contributed by atoms with E-state index in [1.807, 2.05) is 30.0 Å². The van der Waals surface area contributed by atoms with E-state index in [0.29, 0.717) is 28.8 Å². The van der Waals surface area contributed by atoms with Crippen LogP contribution in [0.3, 0.4) is 0 Å². The minimum atomic E-state index is -0.520. The minimum absolute atomic E-state index is 0.0781. The van der Waals surface area contributed by atoms with Crippen molar-refractivity contribution in [2.45, 2.75) is 36.2 Å². The Hall–Kier alpha value is -3.99. The zero-order valence-corrected chi connectivity index (χ0v) is 21.8. The normalized spacial score (nSPS) is 16.4. The van der Waals surface area contributed by atoms with Gasteiger partial charge in [-0.2, -0.15) is 5.10 Å². The molecule has 11 heteroatoms. The summed E-state index contributed by atoms with van der Waals surface area (Å²) >= 11 is 1.43. The first-order valence-corrected chi connectivity index (χ1v) is 13.5. The molecule has 0 saturated carbocycles. The number of carbonyl (C=O) groups excluding carboxylic acids is 1. The van der Waals surface area contributed by atoms with E-state index in [9.17, 15) is 9.18 Å². The smallest absolute Gasteiger partial charge is 0.260 e. The Bertz CT molecular complexity index is 1430. The molecule has 0 spiro atoms. The summed E-state index contributed by atoms with van der Waals surface area (Å²) in [5, 5.41) is 15.0. The van der Waals surface area contributed by atoms with E-state index in [1.165, 1.54) is 17.8 Å². The van der Waals surface area contributed by atoms with Crippen LogP contribution in [-0.2, 0) is 0 Å². The van der Waals surface area contributed by atoms with E-state index in [-0.39, 0.29) is 5.56 Å². The van der Waals surface area contributed by atoms with Crippen LogP contribution in [0.4, 0.5) is 27.4 Å². The third kappa shape index (κ3) is 5.19. The van der Waals surface area contributed by atoms with E-state index in [2.05, 4.69) is 30.7 Å². The Balaban J connectivity index is 1.16. The van der Waals surface area contributed by atoms with Gasteiger partial charge in [0, 0.05) is 55.0 Å². The highest BCUT2D eigenvalue weighted by atomic mass is 32.2. The molecule has 0 unspecified atom stereocenters. The van der Waals surface area contributed by atoms with Crippen molar-refractivity contribution in [3.8, 4) is 0 Å². The van der Waals surface area contributed by atoms with E-state index >= 15 is 0 Å². The summed E-state index contributed by atoms with van der Waals surface area (Å²) in [6.07, 6.45) is 2.86. The molecular weight excluding hydrogens is 503 g/mol. The van der Waals surface area contributed by atoms with E-state index in [0.717, 1.165) is 61.3 Å². The van der Waals surface area contributed by atoms with Gasteiger partial charge in [0.25, 0.3) is 5.91 Å². The number of hydrogen-bond donors (Lipinski definition) is 2. The number of aromatic nitrogens is 2. The fraction of sp³-hybridized carbons (Fsp3) is 0.296. The zero-order chi connectivity index (χ0) is 26.1. The van der Waals surface area contributed by atoms with Crippen LogP contribution in [0, 0.1) is 5.82 Å². The van der Waals surface area contributed by atoms with Gasteiger partial charge in [0.1, 0.15) is 23.3 Å². The largest absolute Gasteiger partial charge is 0.371 e. The van der Waals surface area contributed by atoms with Crippen molar-refractivity contribution in [2.75, 3.05) is 46.6 Å². The highest BCUT2D eigenvalue weighted by Gasteiger charge is 2.24. The third-order valence-corrected chi connectivity index (χ3v) is 7.52. The van der Waals surface area contributed by atoms with Crippen molar-refractivity contribution in [2.24, 2.45) is 10.2 Å². The number of amides is 1. The van der Waals surface area contributed by atoms with E-state index in [4.69, 9.17) is 4.98 Å². The van der Waals surface area contributed by atoms with Crippen molar-refractivity contribution in [3.05, 3.63) is 59.9 Å². The van der Waals surface area contributed by atoms with Gasteiger partial charge < -0.3 is 20.4 Å². The van der Waals surface area contributed by atoms with Gasteiger partial charge in [0.15, 0.2) is 5.16 Å². The minimum Gasteiger partial charge on any atom is -0.371 e. The highest BCUT2D eigenvalue weighted by Crippen LogP contribution is 2.31. The molecule has 2 aromatic carbocycles. The Morgan fingerprint density at radius 3 is 2.39 bits per heavy atom. The summed E-state index contributed by atoms with van der Waals surface area (Å²) < 4.78 is 14.6. The Morgan fingerprint density at radius 1 is 0.974 bits per heavy atom. The molecule has 4 heterocycles. The zero-order valence-electron chi connectivity index (χ0n) is 20.9. The summed E-state index contributed by atoms with van der Waals surface area (Å²) in [5.74, 6) is 1.34. The number of benzene rings is 2. The van der Waals surface area contributed by atoms with Crippen molar-refractivity contribution in [1.29, 1.82) is 0 Å². The molecule has 38 heavy (non-hydrogen) atoms. The summed E-state index contributed by atoms with van der Waals surface area (Å²) in [6, 6.07) is 14.1. The van der Waals surface area contributed by atoms with Crippen LogP contribution in [0.25, 0.3) is 0 Å². The lowest BCUT2D eigenvalue weighted by Crippen LogP contribution is -2.38. The fourth-order valence-corrected chi connectivity index (χ4v) is 5.14. The molecule has 3 aliphatic heterocycles. The Kier molecular flexibility index (Phi) is 6.67. The molecule has 2 saturated heterocycles. The van der Waals surface area contributed by atoms with Gasteiger partial charge in [-0.15, -0.1) is 5.10 Å². The van der Waals surface area contributed by atoms with Gasteiger partial charge in [-0.25, -0.2) is 14.4 Å². The van der Waals surface area contributed by atoms with Crippen molar-refractivity contribution in [3.63, 3.8) is 0 Å². The number of anilines is 4. The lowest BCUT2D eigenvalue weighted by molar-refractivity contribution is 0.102. The maximum atomic E-state index is 14.6. The number of nitrogens with one attached hydrogen (secondary N) is 2. The van der Waals surface area contributed by atoms with Gasteiger partial charge >= 0.3 is 0 Å². The van der Waals surface area contributed by atoms with Gasteiger partial charge in [-0.05, 0) is 67.9 Å². The fourth-order valence-electron chi connectivity index (χ4n) is 4.37. The lowest BCUT2D eigenvalue weighted by Gasteiger charge is -2.34. The summed E-state index contributed by atoms with van der Waals surface area (Å²) in [5.41, 5.74) is 2.26. The lowest BCUT2D eigenvalue weighted by atomic mass is 10.1. The molecular formula is C27H27FN8OS. The standard InChI is InChI=1S/C27H27FN8OS/c1-17-15-23(34-33-17)30-22-16-24(36-13-4-14-36)32-27(31-22)38-19-9-7-18(8-10-19)29-26(37)25-20(28)5-2-6-21(25)35-11-3-12-35/h2,5-10,16H,3-4,11-15H2,1H3,(H,29,37)(H,30,31,32,34). The molecule has 9 nitrogen and oxygen atoms in total. The second-order valence-electron chi connectivity index (χ2n) is 9.47. The van der Waals surface area contributed by atoms with Crippen molar-refractivity contribution in [1.82, 2.24) is 9.97 Å². The number of nitrogens with zero attached hydrogens (tertiary/aromatic N) is 6. The summed E-state index contributed by atoms with van der Waals surface area (Å²) in [7, 11) is 0. The highest BCUT2D eigenvalue weighted by molar-refractivity contribution is 7.99. The van der Waals surface area contributed by atoms with Crippen LogP contribution in [-0.4, -0.2) is 53.6 Å². The summed E-state index contributed by atoms with van der Waals surface area (Å²) in [4.78, 5) is 27.6. The number of rotatable bonds is 7. The molecule has 0 atom stereocenters. The predicted molar refractivity (Wildman–Crippen MR) is 149 cm³/mol. The molecule has 1 amide bonds. The molecule has 3 aromatic rings. The van der Waals surface area contributed by atoms with Crippen LogP contribution in [0.5, 0.6) is 0 Å². The van der Waals surface area contributed by atoms with E-state index < -0.39 is 11.7 Å². The second kappa shape index (κ2) is 10.4. The van der Waals surface area contributed by atoms with Crippen LogP contribution >= 0.6 is 11.8 Å². The molecule has 3 aliphatic rings. The quantitative estimate of drug-likeness (QED) is 0.414. The number of halogens is 1. The first kappa shape index (κ1) is 24.4. The maximum Gasteiger partial charge on any atom is 0.260 e. The number of hydrogen-bond acceptors (Lipinski definition) is 9. The Labute approximate surface area is 224 Å². The molecule has 2 N–H and O–H groups in total. The SMILES string of the molecule is CC1=NN=C(Nc2cc(N3CCC3)nc(Sc3ccc(NC(=O)c4c(F)cccc4N4CCC4)cc3)n2)C1. The molecule has 0 radical (unpaired) electrons. The average molecular weight is 531 g/mol. The molecule has 0 aliphatic carbocycles. The number of amidine groups is 1. The maximum absolute atomic E-state index is 14.6. The summed E-state index contributed by atoms with van der Waals surface area (Å²) in [6.45, 7) is 5.54.